The number of alkyl halides is 3. The van der Waals surface area contributed by atoms with Crippen molar-refractivity contribution in [1.82, 2.24) is 5.32 Å². The molecule has 0 radical (unpaired) electrons. The van der Waals surface area contributed by atoms with Crippen molar-refractivity contribution in [1.29, 1.82) is 0 Å². The van der Waals surface area contributed by atoms with Gasteiger partial charge in [-0.05, 0) is 36.4 Å². The normalized spacial score (nSPS) is 10.8. The number of halogens is 3. The fourth-order valence-electron chi connectivity index (χ4n) is 1.94. The third kappa shape index (κ3) is 6.54. The Balaban J connectivity index is 1.76. The van der Waals surface area contributed by atoms with Gasteiger partial charge >= 0.3 is 6.36 Å². The second kappa shape index (κ2) is 8.18. The van der Waals surface area contributed by atoms with E-state index in [0.717, 1.165) is 12.1 Å². The number of rotatable bonds is 6. The number of hydrogen-bond acceptors (Lipinski definition) is 3. The van der Waals surface area contributed by atoms with E-state index in [1.807, 2.05) is 0 Å². The molecule has 132 valence electrons. The highest BCUT2D eigenvalue weighted by molar-refractivity contribution is 5.95. The Kier molecular flexibility index (Phi) is 5.99. The molecule has 2 N–H and O–H groups in total. The van der Waals surface area contributed by atoms with Crippen LogP contribution in [0.15, 0.2) is 54.6 Å². The highest BCUT2D eigenvalue weighted by atomic mass is 19.4. The summed E-state index contributed by atoms with van der Waals surface area (Å²) >= 11 is 0. The zero-order chi connectivity index (χ0) is 18.3. The molecule has 2 rings (SSSR count). The first-order valence-corrected chi connectivity index (χ1v) is 7.32. The third-order valence-corrected chi connectivity index (χ3v) is 3.05. The molecule has 0 unspecified atom stereocenters. The Hall–Kier alpha value is -3.03. The van der Waals surface area contributed by atoms with Crippen LogP contribution in [0.2, 0.25) is 0 Å². The number of ether oxygens (including phenoxy) is 1. The van der Waals surface area contributed by atoms with Crippen LogP contribution in [-0.2, 0) is 4.79 Å². The molecule has 0 aliphatic carbocycles. The Morgan fingerprint density at radius 1 is 0.960 bits per heavy atom. The van der Waals surface area contributed by atoms with Gasteiger partial charge in [0.05, 0.1) is 0 Å². The number of anilines is 1. The predicted molar refractivity (Wildman–Crippen MR) is 85.1 cm³/mol. The van der Waals surface area contributed by atoms with E-state index in [2.05, 4.69) is 15.4 Å². The van der Waals surface area contributed by atoms with Gasteiger partial charge in [0.1, 0.15) is 5.75 Å². The molecule has 2 aromatic rings. The monoisotopic (exact) mass is 352 g/mol. The lowest BCUT2D eigenvalue weighted by atomic mass is 10.2. The van der Waals surface area contributed by atoms with Crippen LogP contribution in [0.4, 0.5) is 18.9 Å². The van der Waals surface area contributed by atoms with E-state index in [1.165, 1.54) is 12.1 Å². The minimum Gasteiger partial charge on any atom is -0.406 e. The van der Waals surface area contributed by atoms with Crippen molar-refractivity contribution in [2.24, 2.45) is 0 Å². The molecule has 2 amide bonds. The summed E-state index contributed by atoms with van der Waals surface area (Å²) in [5, 5.41) is 5.12. The summed E-state index contributed by atoms with van der Waals surface area (Å²) in [6, 6.07) is 13.3. The summed E-state index contributed by atoms with van der Waals surface area (Å²) < 4.78 is 39.9. The summed E-state index contributed by atoms with van der Waals surface area (Å²) in [7, 11) is 0. The first-order valence-electron chi connectivity index (χ1n) is 7.32. The standard InChI is InChI=1S/C17H15F3N2O3/c18-17(19,20)25-14-8-6-13(7-9-14)22-15(23)10-11-21-16(24)12-4-2-1-3-5-12/h1-9H,10-11H2,(H,21,24)(H,22,23). The van der Waals surface area contributed by atoms with Crippen molar-refractivity contribution >= 4 is 17.5 Å². The van der Waals surface area contributed by atoms with Gasteiger partial charge in [-0.2, -0.15) is 0 Å². The molecule has 0 aliphatic rings. The Bertz CT molecular complexity index is 716. The van der Waals surface area contributed by atoms with E-state index in [4.69, 9.17) is 0 Å². The molecule has 0 fully saturated rings. The zero-order valence-corrected chi connectivity index (χ0v) is 13.0. The lowest BCUT2D eigenvalue weighted by Gasteiger charge is -2.10. The molecular weight excluding hydrogens is 337 g/mol. The molecular formula is C17H15F3N2O3. The molecule has 2 aromatic carbocycles. The number of carbonyl (C=O) groups is 2. The van der Waals surface area contributed by atoms with E-state index in [1.54, 1.807) is 30.3 Å². The van der Waals surface area contributed by atoms with Gasteiger partial charge in [-0.25, -0.2) is 0 Å². The third-order valence-electron chi connectivity index (χ3n) is 3.05. The molecule has 0 aromatic heterocycles. The first kappa shape index (κ1) is 18.3. The lowest BCUT2D eigenvalue weighted by Crippen LogP contribution is -2.27. The van der Waals surface area contributed by atoms with Crippen LogP contribution in [0.5, 0.6) is 5.75 Å². The topological polar surface area (TPSA) is 67.4 Å². The van der Waals surface area contributed by atoms with Gasteiger partial charge in [0.2, 0.25) is 5.91 Å². The molecule has 0 heterocycles. The molecule has 0 atom stereocenters. The Labute approximate surface area is 141 Å². The van der Waals surface area contributed by atoms with Crippen molar-refractivity contribution in [2.45, 2.75) is 12.8 Å². The van der Waals surface area contributed by atoms with Gasteiger partial charge in [0, 0.05) is 24.2 Å². The van der Waals surface area contributed by atoms with Gasteiger partial charge in [-0.15, -0.1) is 13.2 Å². The Morgan fingerprint density at radius 3 is 2.20 bits per heavy atom. The average molecular weight is 352 g/mol. The van der Waals surface area contributed by atoms with Crippen LogP contribution in [0.3, 0.4) is 0 Å². The van der Waals surface area contributed by atoms with E-state index in [0.29, 0.717) is 11.3 Å². The molecule has 8 heteroatoms. The minimum atomic E-state index is -4.76. The highest BCUT2D eigenvalue weighted by Crippen LogP contribution is 2.23. The summed E-state index contributed by atoms with van der Waals surface area (Å²) in [6.45, 7) is 0.134. The fraction of sp³-hybridized carbons (Fsp3) is 0.176. The second-order valence-corrected chi connectivity index (χ2v) is 4.99. The average Bonchev–Trinajstić information content (AvgIpc) is 2.56. The number of hydrogen-bond donors (Lipinski definition) is 2. The molecule has 5 nitrogen and oxygen atoms in total. The number of benzene rings is 2. The quantitative estimate of drug-likeness (QED) is 0.838. The maximum absolute atomic E-state index is 12.1. The minimum absolute atomic E-state index is 0.0272. The molecule has 25 heavy (non-hydrogen) atoms. The van der Waals surface area contributed by atoms with Crippen LogP contribution in [0.25, 0.3) is 0 Å². The SMILES string of the molecule is O=C(CCNC(=O)c1ccccc1)Nc1ccc(OC(F)(F)F)cc1. The number of amides is 2. The Morgan fingerprint density at radius 2 is 1.60 bits per heavy atom. The molecule has 0 saturated heterocycles. The molecule has 0 aliphatic heterocycles. The fourth-order valence-corrected chi connectivity index (χ4v) is 1.94. The van der Waals surface area contributed by atoms with Crippen LogP contribution >= 0.6 is 0 Å². The maximum atomic E-state index is 12.1. The van der Waals surface area contributed by atoms with Crippen molar-refractivity contribution in [3.63, 3.8) is 0 Å². The van der Waals surface area contributed by atoms with Gasteiger partial charge in [-0.1, -0.05) is 18.2 Å². The highest BCUT2D eigenvalue weighted by Gasteiger charge is 2.30. The lowest BCUT2D eigenvalue weighted by molar-refractivity contribution is -0.274. The largest absolute Gasteiger partial charge is 0.573 e. The van der Waals surface area contributed by atoms with Crippen LogP contribution in [0, 0.1) is 0 Å². The number of nitrogens with one attached hydrogen (secondary N) is 2. The van der Waals surface area contributed by atoms with Gasteiger partial charge in [0.25, 0.3) is 5.91 Å². The molecule has 0 spiro atoms. The summed E-state index contributed by atoms with van der Waals surface area (Å²) in [5.74, 6) is -1.04. The van der Waals surface area contributed by atoms with Crippen molar-refractivity contribution in [3.8, 4) is 5.75 Å². The molecule has 0 bridgehead atoms. The van der Waals surface area contributed by atoms with Crippen LogP contribution in [0.1, 0.15) is 16.8 Å². The zero-order valence-electron chi connectivity index (χ0n) is 13.0. The summed E-state index contributed by atoms with van der Waals surface area (Å²) in [6.07, 6.45) is -4.74. The van der Waals surface area contributed by atoms with Gasteiger partial charge in [0.15, 0.2) is 0 Å². The first-order chi connectivity index (χ1) is 11.8. The maximum Gasteiger partial charge on any atom is 0.573 e. The van der Waals surface area contributed by atoms with Crippen molar-refractivity contribution in [2.75, 3.05) is 11.9 Å². The van der Waals surface area contributed by atoms with E-state index in [9.17, 15) is 22.8 Å². The van der Waals surface area contributed by atoms with Crippen molar-refractivity contribution < 1.29 is 27.5 Å². The van der Waals surface area contributed by atoms with E-state index >= 15 is 0 Å². The van der Waals surface area contributed by atoms with Crippen LogP contribution in [-0.4, -0.2) is 24.7 Å². The van der Waals surface area contributed by atoms with E-state index < -0.39 is 6.36 Å². The van der Waals surface area contributed by atoms with Gasteiger partial charge in [-0.3, -0.25) is 9.59 Å². The second-order valence-electron chi connectivity index (χ2n) is 4.99. The molecule has 0 saturated carbocycles. The number of carbonyl (C=O) groups excluding carboxylic acids is 2. The van der Waals surface area contributed by atoms with Crippen molar-refractivity contribution in [3.05, 3.63) is 60.2 Å². The summed E-state index contributed by atoms with van der Waals surface area (Å²) in [5.41, 5.74) is 0.817. The summed E-state index contributed by atoms with van der Waals surface area (Å²) in [4.78, 5) is 23.6. The van der Waals surface area contributed by atoms with Crippen LogP contribution < -0.4 is 15.4 Å². The van der Waals surface area contributed by atoms with Gasteiger partial charge < -0.3 is 15.4 Å². The predicted octanol–water partition coefficient (Wildman–Crippen LogP) is 3.34. The van der Waals surface area contributed by atoms with E-state index in [-0.39, 0.29) is 30.5 Å². The smallest absolute Gasteiger partial charge is 0.406 e.